The van der Waals surface area contributed by atoms with Crippen molar-refractivity contribution in [2.45, 2.75) is 19.3 Å². The van der Waals surface area contributed by atoms with E-state index < -0.39 is 0 Å². The van der Waals surface area contributed by atoms with Gasteiger partial charge in [0, 0.05) is 33.6 Å². The molecule has 0 saturated heterocycles. The Morgan fingerprint density at radius 1 is 1.29 bits per heavy atom. The van der Waals surface area contributed by atoms with Gasteiger partial charge < -0.3 is 10.2 Å². The van der Waals surface area contributed by atoms with Crippen molar-refractivity contribution in [3.05, 3.63) is 35.9 Å². The third-order valence-corrected chi connectivity index (χ3v) is 2.83. The van der Waals surface area contributed by atoms with E-state index in [4.69, 9.17) is 0 Å². The summed E-state index contributed by atoms with van der Waals surface area (Å²) in [6, 6.07) is 10.4. The molecule has 0 aliphatic carbocycles. The van der Waals surface area contributed by atoms with Gasteiger partial charge in [-0.1, -0.05) is 37.3 Å². The standard InChI is InChI=1S/C14H22N2O/c1-12(13-7-5-4-6-8-13)11-15-10-9-14(17)16(2)3/h4-8,12,15H,9-11H2,1-3H3. The average molecular weight is 234 g/mol. The number of amides is 1. The lowest BCUT2D eigenvalue weighted by Crippen LogP contribution is -2.28. The lowest BCUT2D eigenvalue weighted by atomic mass is 10.0. The number of benzene rings is 1. The summed E-state index contributed by atoms with van der Waals surface area (Å²) in [7, 11) is 3.57. The SMILES string of the molecule is CC(CNCCC(=O)N(C)C)c1ccccc1. The lowest BCUT2D eigenvalue weighted by Gasteiger charge is -2.14. The Balaban J connectivity index is 2.21. The molecule has 0 radical (unpaired) electrons. The molecule has 1 aromatic rings. The first kappa shape index (κ1) is 13.7. The van der Waals surface area contributed by atoms with Gasteiger partial charge in [-0.3, -0.25) is 4.79 Å². The highest BCUT2D eigenvalue weighted by Crippen LogP contribution is 2.12. The van der Waals surface area contributed by atoms with Crippen LogP contribution in [0.3, 0.4) is 0 Å². The Bertz CT molecular complexity index is 335. The van der Waals surface area contributed by atoms with Crippen LogP contribution in [0.2, 0.25) is 0 Å². The lowest BCUT2D eigenvalue weighted by molar-refractivity contribution is -0.128. The molecule has 1 N–H and O–H groups in total. The maximum Gasteiger partial charge on any atom is 0.223 e. The molecule has 3 nitrogen and oxygen atoms in total. The molecule has 1 rings (SSSR count). The third-order valence-electron chi connectivity index (χ3n) is 2.83. The van der Waals surface area contributed by atoms with Gasteiger partial charge in [0.2, 0.25) is 5.91 Å². The van der Waals surface area contributed by atoms with Crippen LogP contribution in [0.4, 0.5) is 0 Å². The molecule has 17 heavy (non-hydrogen) atoms. The Morgan fingerprint density at radius 2 is 1.94 bits per heavy atom. The predicted octanol–water partition coefficient (Wildman–Crippen LogP) is 1.86. The summed E-state index contributed by atoms with van der Waals surface area (Å²) in [5.74, 6) is 0.649. The quantitative estimate of drug-likeness (QED) is 0.762. The van der Waals surface area contributed by atoms with E-state index in [0.29, 0.717) is 12.3 Å². The molecule has 0 aliphatic heterocycles. The number of hydrogen-bond donors (Lipinski definition) is 1. The highest BCUT2D eigenvalue weighted by Gasteiger charge is 2.06. The maximum absolute atomic E-state index is 11.3. The zero-order chi connectivity index (χ0) is 12.7. The molecule has 0 fully saturated rings. The minimum absolute atomic E-state index is 0.171. The van der Waals surface area contributed by atoms with Crippen LogP contribution in [0.1, 0.15) is 24.8 Å². The summed E-state index contributed by atoms with van der Waals surface area (Å²) < 4.78 is 0. The number of carbonyl (C=O) groups excluding carboxylic acids is 1. The van der Waals surface area contributed by atoms with Crippen LogP contribution in [0.25, 0.3) is 0 Å². The Kier molecular flexibility index (Phi) is 5.70. The second kappa shape index (κ2) is 7.07. The summed E-state index contributed by atoms with van der Waals surface area (Å²) in [6.07, 6.45) is 0.564. The molecule has 0 spiro atoms. The van der Waals surface area contributed by atoms with Crippen LogP contribution >= 0.6 is 0 Å². The highest BCUT2D eigenvalue weighted by molar-refractivity contribution is 5.75. The van der Waals surface area contributed by atoms with Crippen molar-refractivity contribution in [3.8, 4) is 0 Å². The third kappa shape index (κ3) is 5.00. The van der Waals surface area contributed by atoms with E-state index in [9.17, 15) is 4.79 Å². The fourth-order valence-corrected chi connectivity index (χ4v) is 1.64. The van der Waals surface area contributed by atoms with Gasteiger partial charge in [-0.2, -0.15) is 0 Å². The van der Waals surface area contributed by atoms with E-state index in [-0.39, 0.29) is 5.91 Å². The zero-order valence-electron chi connectivity index (χ0n) is 10.9. The van der Waals surface area contributed by atoms with Crippen molar-refractivity contribution in [2.75, 3.05) is 27.2 Å². The van der Waals surface area contributed by atoms with Gasteiger partial charge in [0.1, 0.15) is 0 Å². The first-order valence-corrected chi connectivity index (χ1v) is 6.07. The van der Waals surface area contributed by atoms with Gasteiger partial charge in [0.25, 0.3) is 0 Å². The van der Waals surface area contributed by atoms with E-state index >= 15 is 0 Å². The zero-order valence-corrected chi connectivity index (χ0v) is 10.9. The topological polar surface area (TPSA) is 32.3 Å². The molecule has 0 aliphatic rings. The van der Waals surface area contributed by atoms with Gasteiger partial charge in [-0.25, -0.2) is 0 Å². The molecule has 0 aromatic heterocycles. The minimum Gasteiger partial charge on any atom is -0.349 e. The van der Waals surface area contributed by atoms with Crippen LogP contribution in [-0.2, 0) is 4.79 Å². The van der Waals surface area contributed by atoms with Crippen LogP contribution in [0.5, 0.6) is 0 Å². The Hall–Kier alpha value is -1.35. The fourth-order valence-electron chi connectivity index (χ4n) is 1.64. The van der Waals surface area contributed by atoms with Crippen LogP contribution in [0, 0.1) is 0 Å². The van der Waals surface area contributed by atoms with E-state index in [1.165, 1.54) is 5.56 Å². The van der Waals surface area contributed by atoms with Crippen molar-refractivity contribution in [3.63, 3.8) is 0 Å². The van der Waals surface area contributed by atoms with Crippen LogP contribution < -0.4 is 5.32 Å². The van der Waals surface area contributed by atoms with E-state index in [1.54, 1.807) is 19.0 Å². The first-order chi connectivity index (χ1) is 8.11. The molecule has 1 atom stereocenters. The smallest absolute Gasteiger partial charge is 0.223 e. The molecule has 1 amide bonds. The van der Waals surface area contributed by atoms with Crippen LogP contribution in [0.15, 0.2) is 30.3 Å². The van der Waals surface area contributed by atoms with Gasteiger partial charge >= 0.3 is 0 Å². The molecule has 0 bridgehead atoms. The maximum atomic E-state index is 11.3. The summed E-state index contributed by atoms with van der Waals surface area (Å²) in [5, 5.41) is 3.32. The van der Waals surface area contributed by atoms with Gasteiger partial charge in [-0.05, 0) is 11.5 Å². The van der Waals surface area contributed by atoms with E-state index in [2.05, 4.69) is 36.5 Å². The molecule has 1 aromatic carbocycles. The summed E-state index contributed by atoms with van der Waals surface area (Å²) in [4.78, 5) is 13.0. The number of rotatable bonds is 6. The Morgan fingerprint density at radius 3 is 2.53 bits per heavy atom. The predicted molar refractivity (Wildman–Crippen MR) is 71.0 cm³/mol. The summed E-state index contributed by atoms with van der Waals surface area (Å²) >= 11 is 0. The number of nitrogens with one attached hydrogen (secondary N) is 1. The number of carbonyl (C=O) groups is 1. The average Bonchev–Trinajstić information content (AvgIpc) is 2.35. The molecule has 0 heterocycles. The van der Waals surface area contributed by atoms with E-state index in [0.717, 1.165) is 13.1 Å². The van der Waals surface area contributed by atoms with Crippen molar-refractivity contribution in [1.82, 2.24) is 10.2 Å². The second-order valence-corrected chi connectivity index (χ2v) is 4.55. The number of hydrogen-bond acceptors (Lipinski definition) is 2. The summed E-state index contributed by atoms with van der Waals surface area (Å²) in [5.41, 5.74) is 1.33. The normalized spacial score (nSPS) is 12.2. The monoisotopic (exact) mass is 234 g/mol. The fraction of sp³-hybridized carbons (Fsp3) is 0.500. The van der Waals surface area contributed by atoms with Crippen molar-refractivity contribution < 1.29 is 4.79 Å². The molecule has 1 unspecified atom stereocenters. The first-order valence-electron chi connectivity index (χ1n) is 6.07. The van der Waals surface area contributed by atoms with Crippen molar-refractivity contribution in [2.24, 2.45) is 0 Å². The number of nitrogens with zero attached hydrogens (tertiary/aromatic N) is 1. The van der Waals surface area contributed by atoms with E-state index in [1.807, 2.05) is 6.07 Å². The summed E-state index contributed by atoms with van der Waals surface area (Å²) in [6.45, 7) is 3.84. The Labute approximate surface area is 104 Å². The second-order valence-electron chi connectivity index (χ2n) is 4.55. The van der Waals surface area contributed by atoms with Crippen molar-refractivity contribution in [1.29, 1.82) is 0 Å². The minimum atomic E-state index is 0.171. The largest absolute Gasteiger partial charge is 0.349 e. The van der Waals surface area contributed by atoms with Gasteiger partial charge in [-0.15, -0.1) is 0 Å². The molecular weight excluding hydrogens is 212 g/mol. The molecule has 0 saturated carbocycles. The highest BCUT2D eigenvalue weighted by atomic mass is 16.2. The van der Waals surface area contributed by atoms with Gasteiger partial charge in [0.15, 0.2) is 0 Å². The molecule has 3 heteroatoms. The van der Waals surface area contributed by atoms with Gasteiger partial charge in [0.05, 0.1) is 0 Å². The van der Waals surface area contributed by atoms with Crippen molar-refractivity contribution >= 4 is 5.91 Å². The molecular formula is C14H22N2O. The molecule has 94 valence electrons. The van der Waals surface area contributed by atoms with Crippen LogP contribution in [-0.4, -0.2) is 38.0 Å².